The van der Waals surface area contributed by atoms with E-state index in [9.17, 15) is 0 Å². The van der Waals surface area contributed by atoms with Crippen molar-refractivity contribution in [2.45, 2.75) is 26.1 Å². The van der Waals surface area contributed by atoms with Crippen LogP contribution in [-0.2, 0) is 11.3 Å². The van der Waals surface area contributed by atoms with Gasteiger partial charge in [-0.15, -0.1) is 0 Å². The number of ether oxygens (including phenoxy) is 2. The van der Waals surface area contributed by atoms with E-state index in [-0.39, 0.29) is 5.60 Å². The molecule has 0 amide bonds. The van der Waals surface area contributed by atoms with Crippen molar-refractivity contribution in [1.29, 1.82) is 0 Å². The smallest absolute Gasteiger partial charge is 0.127 e. The van der Waals surface area contributed by atoms with Gasteiger partial charge in [-0.05, 0) is 55.3 Å². The van der Waals surface area contributed by atoms with Crippen molar-refractivity contribution in [3.05, 3.63) is 53.9 Å². The number of benzene rings is 1. The SMILES string of the molecule is COCc1cc(-c2ccc3c(c2)C=CC(C)(C)O3)ccn1. The molecule has 108 valence electrons. The highest BCUT2D eigenvalue weighted by molar-refractivity contribution is 5.71. The van der Waals surface area contributed by atoms with Crippen LogP contribution in [0.5, 0.6) is 5.75 Å². The summed E-state index contributed by atoms with van der Waals surface area (Å²) in [6.45, 7) is 4.64. The molecule has 21 heavy (non-hydrogen) atoms. The minimum Gasteiger partial charge on any atom is -0.483 e. The first-order valence-corrected chi connectivity index (χ1v) is 7.04. The molecule has 3 nitrogen and oxygen atoms in total. The Bertz CT molecular complexity index is 689. The normalized spacial score (nSPS) is 15.4. The standard InChI is InChI=1S/C18H19NO2/c1-18(2)8-6-15-10-13(4-5-17(15)21-18)14-7-9-19-16(11-14)12-20-3/h4-11H,12H2,1-3H3. The van der Waals surface area contributed by atoms with Gasteiger partial charge in [-0.25, -0.2) is 0 Å². The maximum absolute atomic E-state index is 5.95. The molecule has 0 atom stereocenters. The Morgan fingerprint density at radius 1 is 1.14 bits per heavy atom. The molecule has 0 unspecified atom stereocenters. The fourth-order valence-corrected chi connectivity index (χ4v) is 2.44. The maximum Gasteiger partial charge on any atom is 0.127 e. The summed E-state index contributed by atoms with van der Waals surface area (Å²) in [4.78, 5) is 4.30. The van der Waals surface area contributed by atoms with E-state index >= 15 is 0 Å². The van der Waals surface area contributed by atoms with Gasteiger partial charge in [0.1, 0.15) is 11.4 Å². The second-order valence-corrected chi connectivity index (χ2v) is 5.76. The molecule has 1 aromatic heterocycles. The summed E-state index contributed by atoms with van der Waals surface area (Å²) in [6.07, 6.45) is 6.03. The molecule has 2 aromatic rings. The molecule has 1 aliphatic rings. The van der Waals surface area contributed by atoms with Crippen LogP contribution in [0.4, 0.5) is 0 Å². The van der Waals surface area contributed by atoms with Crippen LogP contribution in [0.3, 0.4) is 0 Å². The summed E-state index contributed by atoms with van der Waals surface area (Å²) in [5.41, 5.74) is 4.09. The lowest BCUT2D eigenvalue weighted by Gasteiger charge is -2.28. The van der Waals surface area contributed by atoms with Gasteiger partial charge in [0, 0.05) is 18.9 Å². The number of hydrogen-bond acceptors (Lipinski definition) is 3. The molecule has 1 aromatic carbocycles. The zero-order valence-electron chi connectivity index (χ0n) is 12.6. The molecule has 2 heterocycles. The average Bonchev–Trinajstić information content (AvgIpc) is 2.46. The lowest BCUT2D eigenvalue weighted by atomic mass is 9.98. The molecular weight excluding hydrogens is 262 g/mol. The van der Waals surface area contributed by atoms with Crippen LogP contribution in [0, 0.1) is 0 Å². The minimum atomic E-state index is -0.239. The van der Waals surface area contributed by atoms with Crippen molar-refractivity contribution in [3.63, 3.8) is 0 Å². The molecule has 0 bridgehead atoms. The molecule has 1 aliphatic heterocycles. The van der Waals surface area contributed by atoms with E-state index in [0.717, 1.165) is 28.1 Å². The van der Waals surface area contributed by atoms with Gasteiger partial charge in [0.25, 0.3) is 0 Å². The molecule has 0 fully saturated rings. The Morgan fingerprint density at radius 3 is 2.76 bits per heavy atom. The van der Waals surface area contributed by atoms with Crippen LogP contribution in [-0.4, -0.2) is 17.7 Å². The first kappa shape index (κ1) is 13.8. The van der Waals surface area contributed by atoms with E-state index in [1.807, 2.05) is 18.3 Å². The Kier molecular flexibility index (Phi) is 3.52. The Balaban J connectivity index is 1.96. The number of rotatable bonds is 3. The zero-order valence-corrected chi connectivity index (χ0v) is 12.6. The minimum absolute atomic E-state index is 0.239. The van der Waals surface area contributed by atoms with E-state index in [1.165, 1.54) is 0 Å². The third kappa shape index (κ3) is 2.98. The van der Waals surface area contributed by atoms with Gasteiger partial charge in [0.05, 0.1) is 12.3 Å². The number of pyridine rings is 1. The summed E-state index contributed by atoms with van der Waals surface area (Å²) >= 11 is 0. The fraction of sp³-hybridized carbons (Fsp3) is 0.278. The van der Waals surface area contributed by atoms with Crippen molar-refractivity contribution in [2.24, 2.45) is 0 Å². The van der Waals surface area contributed by atoms with Crippen LogP contribution in [0.25, 0.3) is 17.2 Å². The predicted molar refractivity (Wildman–Crippen MR) is 84.1 cm³/mol. The monoisotopic (exact) mass is 281 g/mol. The summed E-state index contributed by atoms with van der Waals surface area (Å²) in [5.74, 6) is 0.928. The van der Waals surface area contributed by atoms with E-state index in [4.69, 9.17) is 9.47 Å². The zero-order chi connectivity index (χ0) is 14.9. The number of fused-ring (bicyclic) bond motifs is 1. The van der Waals surface area contributed by atoms with Crippen molar-refractivity contribution in [2.75, 3.05) is 7.11 Å². The topological polar surface area (TPSA) is 31.4 Å². The van der Waals surface area contributed by atoms with E-state index < -0.39 is 0 Å². The van der Waals surface area contributed by atoms with E-state index in [2.05, 4.69) is 49.2 Å². The van der Waals surface area contributed by atoms with Crippen molar-refractivity contribution < 1.29 is 9.47 Å². The molecule has 0 saturated heterocycles. The van der Waals surface area contributed by atoms with Crippen molar-refractivity contribution >= 4 is 6.08 Å². The summed E-state index contributed by atoms with van der Waals surface area (Å²) in [7, 11) is 1.68. The van der Waals surface area contributed by atoms with Gasteiger partial charge in [-0.1, -0.05) is 12.1 Å². The highest BCUT2D eigenvalue weighted by Gasteiger charge is 2.21. The second kappa shape index (κ2) is 5.34. The number of aromatic nitrogens is 1. The molecule has 0 N–H and O–H groups in total. The molecule has 3 heteroatoms. The van der Waals surface area contributed by atoms with E-state index in [1.54, 1.807) is 7.11 Å². The number of methoxy groups -OCH3 is 1. The predicted octanol–water partition coefficient (Wildman–Crippen LogP) is 4.08. The van der Waals surface area contributed by atoms with E-state index in [0.29, 0.717) is 6.61 Å². The van der Waals surface area contributed by atoms with Gasteiger partial charge < -0.3 is 9.47 Å². The van der Waals surface area contributed by atoms with Gasteiger partial charge >= 0.3 is 0 Å². The van der Waals surface area contributed by atoms with Crippen LogP contribution < -0.4 is 4.74 Å². The molecular formula is C18H19NO2. The summed E-state index contributed by atoms with van der Waals surface area (Å²) < 4.78 is 11.1. The Hall–Kier alpha value is -2.13. The molecule has 0 aliphatic carbocycles. The van der Waals surface area contributed by atoms with Gasteiger partial charge in [0.2, 0.25) is 0 Å². The van der Waals surface area contributed by atoms with Gasteiger partial charge in [0.15, 0.2) is 0 Å². The quantitative estimate of drug-likeness (QED) is 0.849. The first-order chi connectivity index (χ1) is 10.1. The van der Waals surface area contributed by atoms with Crippen molar-refractivity contribution in [1.82, 2.24) is 4.98 Å². The molecule has 0 radical (unpaired) electrons. The second-order valence-electron chi connectivity index (χ2n) is 5.76. The first-order valence-electron chi connectivity index (χ1n) is 7.04. The lowest BCUT2D eigenvalue weighted by molar-refractivity contribution is 0.159. The highest BCUT2D eigenvalue weighted by Crippen LogP contribution is 2.34. The van der Waals surface area contributed by atoms with Crippen LogP contribution in [0.15, 0.2) is 42.6 Å². The van der Waals surface area contributed by atoms with Crippen LogP contribution >= 0.6 is 0 Å². The molecule has 3 rings (SSSR count). The van der Waals surface area contributed by atoms with Gasteiger partial charge in [-0.2, -0.15) is 0 Å². The lowest BCUT2D eigenvalue weighted by Crippen LogP contribution is -2.27. The van der Waals surface area contributed by atoms with Gasteiger partial charge in [-0.3, -0.25) is 4.98 Å². The Labute approximate surface area is 125 Å². The fourth-order valence-electron chi connectivity index (χ4n) is 2.44. The number of nitrogens with zero attached hydrogens (tertiary/aromatic N) is 1. The number of hydrogen-bond donors (Lipinski definition) is 0. The molecule has 0 saturated carbocycles. The molecule has 0 spiro atoms. The van der Waals surface area contributed by atoms with Crippen LogP contribution in [0.1, 0.15) is 25.1 Å². The van der Waals surface area contributed by atoms with Crippen molar-refractivity contribution in [3.8, 4) is 16.9 Å². The summed E-state index contributed by atoms with van der Waals surface area (Å²) in [6, 6.07) is 10.3. The largest absolute Gasteiger partial charge is 0.483 e. The summed E-state index contributed by atoms with van der Waals surface area (Å²) in [5, 5.41) is 0. The Morgan fingerprint density at radius 2 is 1.95 bits per heavy atom. The highest BCUT2D eigenvalue weighted by atomic mass is 16.5. The average molecular weight is 281 g/mol. The van der Waals surface area contributed by atoms with Crippen LogP contribution in [0.2, 0.25) is 0 Å². The third-order valence-electron chi connectivity index (χ3n) is 3.49. The maximum atomic E-state index is 5.95. The third-order valence-corrected chi connectivity index (χ3v) is 3.49.